The van der Waals surface area contributed by atoms with Gasteiger partial charge in [0.25, 0.3) is 0 Å². The molecule has 0 spiro atoms. The number of hydrogen-bond acceptors (Lipinski definition) is 3. The normalized spacial score (nSPS) is 26.4. The van der Waals surface area contributed by atoms with Crippen molar-refractivity contribution in [3.8, 4) is 0 Å². The van der Waals surface area contributed by atoms with Crippen molar-refractivity contribution in [1.82, 2.24) is 0 Å². The summed E-state index contributed by atoms with van der Waals surface area (Å²) in [4.78, 5) is 11.8. The molecule has 1 aliphatic carbocycles. The first-order valence-corrected chi connectivity index (χ1v) is 6.57. The number of rotatable bonds is 4. The third-order valence-electron chi connectivity index (χ3n) is 3.77. The molecule has 0 saturated heterocycles. The summed E-state index contributed by atoms with van der Waals surface area (Å²) < 4.78 is 5.09. The first-order chi connectivity index (χ1) is 8.55. The zero-order chi connectivity index (χ0) is 13.2. The molecule has 1 aromatic carbocycles. The van der Waals surface area contributed by atoms with Crippen LogP contribution in [0.4, 0.5) is 5.69 Å². The third-order valence-corrected chi connectivity index (χ3v) is 3.77. The summed E-state index contributed by atoms with van der Waals surface area (Å²) in [5.74, 6) is 0.563. The molecule has 0 heterocycles. The van der Waals surface area contributed by atoms with Gasteiger partial charge in [-0.25, -0.2) is 0 Å². The van der Waals surface area contributed by atoms with Gasteiger partial charge in [-0.05, 0) is 43.4 Å². The molecule has 1 aliphatic rings. The minimum absolute atomic E-state index is 0.0545. The number of esters is 1. The Kier molecular flexibility index (Phi) is 3.60. The van der Waals surface area contributed by atoms with E-state index in [0.29, 0.717) is 18.9 Å². The van der Waals surface area contributed by atoms with Gasteiger partial charge in [-0.3, -0.25) is 4.79 Å². The van der Waals surface area contributed by atoms with Gasteiger partial charge in [0.1, 0.15) is 0 Å². The number of carbonyl (C=O) groups is 1. The molecule has 2 rings (SSSR count). The van der Waals surface area contributed by atoms with Gasteiger partial charge in [-0.2, -0.15) is 0 Å². The van der Waals surface area contributed by atoms with Gasteiger partial charge < -0.3 is 10.5 Å². The van der Waals surface area contributed by atoms with Gasteiger partial charge >= 0.3 is 5.97 Å². The summed E-state index contributed by atoms with van der Waals surface area (Å²) in [6.45, 7) is 4.51. The molecule has 2 N–H and O–H groups in total. The van der Waals surface area contributed by atoms with Gasteiger partial charge in [0.2, 0.25) is 0 Å². The van der Waals surface area contributed by atoms with Crippen LogP contribution >= 0.6 is 0 Å². The van der Waals surface area contributed by atoms with Gasteiger partial charge in [-0.15, -0.1) is 0 Å². The molecule has 98 valence electrons. The van der Waals surface area contributed by atoms with Gasteiger partial charge in [0.15, 0.2) is 0 Å². The molecule has 3 nitrogen and oxygen atoms in total. The summed E-state index contributed by atoms with van der Waals surface area (Å²) in [5.41, 5.74) is 7.72. The Bertz CT molecular complexity index is 436. The second-order valence-corrected chi connectivity index (χ2v) is 5.40. The summed E-state index contributed by atoms with van der Waals surface area (Å²) in [6.07, 6.45) is 2.54. The van der Waals surface area contributed by atoms with Crippen LogP contribution in [0.2, 0.25) is 0 Å². The van der Waals surface area contributed by atoms with Crippen LogP contribution in [0, 0.1) is 5.92 Å². The maximum Gasteiger partial charge on any atom is 0.306 e. The second-order valence-electron chi connectivity index (χ2n) is 5.40. The largest absolute Gasteiger partial charge is 0.466 e. The third kappa shape index (κ3) is 2.50. The Hall–Kier alpha value is -1.51. The number of anilines is 1. The van der Waals surface area contributed by atoms with Gasteiger partial charge in [0, 0.05) is 11.1 Å². The Balaban J connectivity index is 2.20. The average Bonchev–Trinajstić information content (AvgIpc) is 2.26. The van der Waals surface area contributed by atoms with E-state index >= 15 is 0 Å². The smallest absolute Gasteiger partial charge is 0.306 e. The SMILES string of the molecule is CCOC(=O)CC1(c2cccc(N)c2)CC(C)C1. The highest BCUT2D eigenvalue weighted by molar-refractivity contribution is 5.72. The zero-order valence-electron chi connectivity index (χ0n) is 11.1. The fourth-order valence-corrected chi connectivity index (χ4v) is 3.11. The molecule has 0 unspecified atom stereocenters. The maximum atomic E-state index is 11.8. The zero-order valence-corrected chi connectivity index (χ0v) is 11.1. The number of ether oxygens (including phenoxy) is 1. The van der Waals surface area contributed by atoms with Crippen molar-refractivity contribution in [2.24, 2.45) is 5.92 Å². The van der Waals surface area contributed by atoms with Gasteiger partial charge in [0.05, 0.1) is 13.0 Å². The molecule has 0 radical (unpaired) electrons. The lowest BCUT2D eigenvalue weighted by Crippen LogP contribution is -2.42. The molecule has 0 aromatic heterocycles. The van der Waals surface area contributed by atoms with E-state index < -0.39 is 0 Å². The van der Waals surface area contributed by atoms with Gasteiger partial charge in [-0.1, -0.05) is 19.1 Å². The Morgan fingerprint density at radius 1 is 1.50 bits per heavy atom. The highest BCUT2D eigenvalue weighted by Crippen LogP contribution is 2.50. The summed E-state index contributed by atoms with van der Waals surface area (Å²) in [7, 11) is 0. The monoisotopic (exact) mass is 247 g/mol. The number of benzene rings is 1. The van der Waals surface area contributed by atoms with E-state index in [4.69, 9.17) is 10.5 Å². The fourth-order valence-electron chi connectivity index (χ4n) is 3.11. The van der Waals surface area contributed by atoms with Crippen molar-refractivity contribution in [3.63, 3.8) is 0 Å². The van der Waals surface area contributed by atoms with Crippen molar-refractivity contribution >= 4 is 11.7 Å². The summed E-state index contributed by atoms with van der Waals surface area (Å²) in [6, 6.07) is 7.90. The van der Waals surface area contributed by atoms with Crippen LogP contribution in [0.15, 0.2) is 24.3 Å². The molecule has 0 amide bonds. The quantitative estimate of drug-likeness (QED) is 0.657. The topological polar surface area (TPSA) is 52.3 Å². The minimum Gasteiger partial charge on any atom is -0.466 e. The summed E-state index contributed by atoms with van der Waals surface area (Å²) in [5, 5.41) is 0. The Morgan fingerprint density at radius 3 is 2.78 bits per heavy atom. The lowest BCUT2D eigenvalue weighted by atomic mass is 9.57. The Morgan fingerprint density at radius 2 is 2.22 bits per heavy atom. The average molecular weight is 247 g/mol. The summed E-state index contributed by atoms with van der Waals surface area (Å²) >= 11 is 0. The molecule has 3 heteroatoms. The minimum atomic E-state index is -0.105. The number of hydrogen-bond donors (Lipinski definition) is 1. The van der Waals surface area contributed by atoms with Crippen molar-refractivity contribution in [2.45, 2.75) is 38.5 Å². The van der Waals surface area contributed by atoms with Crippen LogP contribution in [0.1, 0.15) is 38.7 Å². The van der Waals surface area contributed by atoms with E-state index in [9.17, 15) is 4.79 Å². The van der Waals surface area contributed by atoms with Crippen molar-refractivity contribution in [3.05, 3.63) is 29.8 Å². The molecule has 1 saturated carbocycles. The van der Waals surface area contributed by atoms with E-state index in [2.05, 4.69) is 13.0 Å². The maximum absolute atomic E-state index is 11.8. The molecule has 0 aliphatic heterocycles. The van der Waals surface area contributed by atoms with Crippen LogP contribution in [-0.4, -0.2) is 12.6 Å². The highest BCUT2D eigenvalue weighted by atomic mass is 16.5. The lowest BCUT2D eigenvalue weighted by Gasteiger charge is -2.46. The molecular weight excluding hydrogens is 226 g/mol. The van der Waals surface area contributed by atoms with E-state index in [1.165, 1.54) is 5.56 Å². The number of carbonyl (C=O) groups excluding carboxylic acids is 1. The number of nitrogen functional groups attached to an aromatic ring is 1. The fraction of sp³-hybridized carbons (Fsp3) is 0.533. The van der Waals surface area contributed by atoms with Crippen LogP contribution < -0.4 is 5.73 Å². The first-order valence-electron chi connectivity index (χ1n) is 6.57. The van der Waals surface area contributed by atoms with Crippen LogP contribution in [0.25, 0.3) is 0 Å². The van der Waals surface area contributed by atoms with E-state index in [1.807, 2.05) is 25.1 Å². The molecule has 0 atom stereocenters. The predicted octanol–water partition coefficient (Wildman–Crippen LogP) is 2.89. The van der Waals surface area contributed by atoms with E-state index in [0.717, 1.165) is 18.5 Å². The van der Waals surface area contributed by atoms with E-state index in [-0.39, 0.29) is 11.4 Å². The van der Waals surface area contributed by atoms with Crippen LogP contribution in [-0.2, 0) is 14.9 Å². The van der Waals surface area contributed by atoms with Crippen LogP contribution in [0.3, 0.4) is 0 Å². The standard InChI is InChI=1S/C15H21NO2/c1-3-18-14(17)10-15(8-11(2)9-15)12-5-4-6-13(16)7-12/h4-7,11H,3,8-10,16H2,1-2H3. The molecule has 18 heavy (non-hydrogen) atoms. The van der Waals surface area contributed by atoms with Crippen LogP contribution in [0.5, 0.6) is 0 Å². The highest BCUT2D eigenvalue weighted by Gasteiger charge is 2.45. The molecule has 1 fully saturated rings. The first kappa shape index (κ1) is 12.9. The van der Waals surface area contributed by atoms with Crippen molar-refractivity contribution < 1.29 is 9.53 Å². The number of nitrogens with two attached hydrogens (primary N) is 1. The van der Waals surface area contributed by atoms with Crippen molar-refractivity contribution in [2.75, 3.05) is 12.3 Å². The van der Waals surface area contributed by atoms with Crippen molar-refractivity contribution in [1.29, 1.82) is 0 Å². The lowest BCUT2D eigenvalue weighted by molar-refractivity contribution is -0.146. The molecule has 0 bridgehead atoms. The second kappa shape index (κ2) is 5.01. The molecule has 1 aromatic rings. The Labute approximate surface area is 108 Å². The molecular formula is C15H21NO2. The predicted molar refractivity (Wildman–Crippen MR) is 72.2 cm³/mol. The van der Waals surface area contributed by atoms with E-state index in [1.54, 1.807) is 0 Å².